The van der Waals surface area contributed by atoms with Crippen molar-refractivity contribution in [2.75, 3.05) is 39.0 Å². The molecule has 2 aliphatic rings. The minimum Gasteiger partial charge on any atom is -0.354 e. The Hall–Kier alpha value is -1.15. The number of amides is 2. The van der Waals surface area contributed by atoms with Crippen LogP contribution in [0.15, 0.2) is 0 Å². The summed E-state index contributed by atoms with van der Waals surface area (Å²) >= 11 is 0. The van der Waals surface area contributed by atoms with Crippen LogP contribution >= 0.6 is 0 Å². The lowest BCUT2D eigenvalue weighted by Gasteiger charge is -2.30. The summed E-state index contributed by atoms with van der Waals surface area (Å²) in [5, 5.41) is 2.86. The fourth-order valence-electron chi connectivity index (χ4n) is 3.19. The first-order chi connectivity index (χ1) is 10.9. The van der Waals surface area contributed by atoms with E-state index in [4.69, 9.17) is 0 Å². The summed E-state index contributed by atoms with van der Waals surface area (Å²) in [6, 6.07) is 0. The fourth-order valence-corrected chi connectivity index (χ4v) is 4.10. The van der Waals surface area contributed by atoms with Crippen molar-refractivity contribution in [1.82, 2.24) is 14.5 Å². The summed E-state index contributed by atoms with van der Waals surface area (Å²) in [5.41, 5.74) is 0. The zero-order chi connectivity index (χ0) is 16.9. The predicted molar refractivity (Wildman–Crippen MR) is 87.2 cm³/mol. The number of piperidine rings is 1. The SMILES string of the molecule is CS(=O)(=O)N1CCCC(C(=O)NCCN2CCCCCC2=O)C1. The highest BCUT2D eigenvalue weighted by molar-refractivity contribution is 7.88. The smallest absolute Gasteiger partial charge is 0.224 e. The molecule has 132 valence electrons. The Morgan fingerprint density at radius 2 is 2.00 bits per heavy atom. The number of hydrogen-bond acceptors (Lipinski definition) is 4. The van der Waals surface area contributed by atoms with Gasteiger partial charge in [-0.15, -0.1) is 0 Å². The van der Waals surface area contributed by atoms with Gasteiger partial charge >= 0.3 is 0 Å². The van der Waals surface area contributed by atoms with Crippen LogP contribution in [0.2, 0.25) is 0 Å². The lowest BCUT2D eigenvalue weighted by atomic mass is 9.99. The minimum atomic E-state index is -3.24. The van der Waals surface area contributed by atoms with E-state index in [1.165, 1.54) is 10.6 Å². The first-order valence-electron chi connectivity index (χ1n) is 8.38. The van der Waals surface area contributed by atoms with Gasteiger partial charge in [0.15, 0.2) is 0 Å². The molecule has 0 saturated carbocycles. The van der Waals surface area contributed by atoms with Gasteiger partial charge < -0.3 is 10.2 Å². The number of hydrogen-bond donors (Lipinski definition) is 1. The number of nitrogens with one attached hydrogen (secondary N) is 1. The van der Waals surface area contributed by atoms with Gasteiger partial charge in [0.25, 0.3) is 0 Å². The van der Waals surface area contributed by atoms with Crippen LogP contribution in [0.25, 0.3) is 0 Å². The molecular formula is C15H27N3O4S. The third-order valence-electron chi connectivity index (χ3n) is 4.58. The van der Waals surface area contributed by atoms with Crippen LogP contribution in [0.5, 0.6) is 0 Å². The Morgan fingerprint density at radius 3 is 2.74 bits per heavy atom. The van der Waals surface area contributed by atoms with E-state index < -0.39 is 10.0 Å². The van der Waals surface area contributed by atoms with Crippen molar-refractivity contribution >= 4 is 21.8 Å². The van der Waals surface area contributed by atoms with Gasteiger partial charge in [-0.2, -0.15) is 0 Å². The summed E-state index contributed by atoms with van der Waals surface area (Å²) in [4.78, 5) is 25.9. The van der Waals surface area contributed by atoms with Gasteiger partial charge in [0.1, 0.15) is 0 Å². The molecule has 2 saturated heterocycles. The third-order valence-corrected chi connectivity index (χ3v) is 5.85. The molecule has 1 unspecified atom stereocenters. The van der Waals surface area contributed by atoms with E-state index in [0.717, 1.165) is 25.8 Å². The van der Waals surface area contributed by atoms with Crippen LogP contribution in [-0.4, -0.2) is 68.4 Å². The molecule has 23 heavy (non-hydrogen) atoms. The molecule has 2 fully saturated rings. The Kier molecular flexibility index (Phi) is 6.41. The first kappa shape index (κ1) is 18.2. The summed E-state index contributed by atoms with van der Waals surface area (Å²) in [6.07, 6.45) is 6.24. The van der Waals surface area contributed by atoms with Gasteiger partial charge in [-0.05, 0) is 25.7 Å². The van der Waals surface area contributed by atoms with Gasteiger partial charge in [0.2, 0.25) is 21.8 Å². The molecule has 2 rings (SSSR count). The zero-order valence-corrected chi connectivity index (χ0v) is 14.6. The standard InChI is InChI=1S/C15H27N3O4S/c1-23(21,22)18-10-5-6-13(12-18)15(20)16-8-11-17-9-4-2-3-7-14(17)19/h13H,2-12H2,1H3,(H,16,20). The Labute approximate surface area is 138 Å². The van der Waals surface area contributed by atoms with E-state index >= 15 is 0 Å². The monoisotopic (exact) mass is 345 g/mol. The lowest BCUT2D eigenvalue weighted by molar-refractivity contribution is -0.131. The minimum absolute atomic E-state index is 0.111. The lowest BCUT2D eigenvalue weighted by Crippen LogP contribution is -2.46. The molecule has 7 nitrogen and oxygen atoms in total. The topological polar surface area (TPSA) is 86.8 Å². The molecule has 2 amide bonds. The van der Waals surface area contributed by atoms with Crippen LogP contribution in [0.4, 0.5) is 0 Å². The fraction of sp³-hybridized carbons (Fsp3) is 0.867. The molecular weight excluding hydrogens is 318 g/mol. The second kappa shape index (κ2) is 8.10. The molecule has 0 aromatic heterocycles. The zero-order valence-electron chi connectivity index (χ0n) is 13.8. The predicted octanol–water partition coefficient (Wildman–Crippen LogP) is 0.177. The Bertz CT molecular complexity index is 535. The molecule has 1 atom stereocenters. The molecule has 2 aliphatic heterocycles. The highest BCUT2D eigenvalue weighted by Gasteiger charge is 2.30. The van der Waals surface area contributed by atoms with E-state index in [-0.39, 0.29) is 24.3 Å². The van der Waals surface area contributed by atoms with Crippen molar-refractivity contribution in [2.45, 2.75) is 38.5 Å². The van der Waals surface area contributed by atoms with Gasteiger partial charge in [-0.3, -0.25) is 9.59 Å². The summed E-state index contributed by atoms with van der Waals surface area (Å²) in [7, 11) is -3.24. The molecule has 1 N–H and O–H groups in total. The van der Waals surface area contributed by atoms with Crippen LogP contribution < -0.4 is 5.32 Å². The van der Waals surface area contributed by atoms with Crippen molar-refractivity contribution in [2.24, 2.45) is 5.92 Å². The number of sulfonamides is 1. The van der Waals surface area contributed by atoms with E-state index in [1.807, 2.05) is 4.90 Å². The number of carbonyl (C=O) groups excluding carboxylic acids is 2. The van der Waals surface area contributed by atoms with Crippen molar-refractivity contribution in [3.8, 4) is 0 Å². The maximum Gasteiger partial charge on any atom is 0.224 e. The first-order valence-corrected chi connectivity index (χ1v) is 10.2. The molecule has 0 aromatic rings. The van der Waals surface area contributed by atoms with Gasteiger partial charge in [-0.1, -0.05) is 6.42 Å². The maximum absolute atomic E-state index is 12.2. The van der Waals surface area contributed by atoms with Gasteiger partial charge in [0, 0.05) is 39.1 Å². The van der Waals surface area contributed by atoms with E-state index in [2.05, 4.69) is 5.32 Å². The van der Waals surface area contributed by atoms with Crippen LogP contribution in [-0.2, 0) is 19.6 Å². The van der Waals surface area contributed by atoms with Crippen molar-refractivity contribution in [3.63, 3.8) is 0 Å². The highest BCUT2D eigenvalue weighted by atomic mass is 32.2. The molecule has 0 radical (unpaired) electrons. The van der Waals surface area contributed by atoms with Gasteiger partial charge in [0.05, 0.1) is 12.2 Å². The average molecular weight is 345 g/mol. The Morgan fingerprint density at radius 1 is 1.22 bits per heavy atom. The van der Waals surface area contributed by atoms with E-state index in [0.29, 0.717) is 38.9 Å². The average Bonchev–Trinajstić information content (AvgIpc) is 2.71. The molecule has 8 heteroatoms. The highest BCUT2D eigenvalue weighted by Crippen LogP contribution is 2.18. The Balaban J connectivity index is 1.77. The van der Waals surface area contributed by atoms with E-state index in [9.17, 15) is 18.0 Å². The number of carbonyl (C=O) groups is 2. The van der Waals surface area contributed by atoms with Crippen LogP contribution in [0.1, 0.15) is 38.5 Å². The maximum atomic E-state index is 12.2. The molecule has 2 heterocycles. The summed E-state index contributed by atoms with van der Waals surface area (Å²) in [5.74, 6) is -0.239. The van der Waals surface area contributed by atoms with Crippen molar-refractivity contribution in [3.05, 3.63) is 0 Å². The molecule has 0 spiro atoms. The summed E-state index contributed by atoms with van der Waals surface area (Å²) < 4.78 is 24.6. The molecule has 0 bridgehead atoms. The largest absolute Gasteiger partial charge is 0.354 e. The number of likely N-dealkylation sites (tertiary alicyclic amines) is 1. The second-order valence-corrected chi connectivity index (χ2v) is 8.43. The third kappa shape index (κ3) is 5.46. The van der Waals surface area contributed by atoms with Crippen molar-refractivity contribution in [1.29, 1.82) is 0 Å². The van der Waals surface area contributed by atoms with E-state index in [1.54, 1.807) is 0 Å². The van der Waals surface area contributed by atoms with Crippen molar-refractivity contribution < 1.29 is 18.0 Å². The van der Waals surface area contributed by atoms with Gasteiger partial charge in [-0.25, -0.2) is 12.7 Å². The normalized spacial score (nSPS) is 24.3. The molecule has 0 aliphatic carbocycles. The summed E-state index contributed by atoms with van der Waals surface area (Å²) in [6.45, 7) is 2.48. The van der Waals surface area contributed by atoms with Crippen LogP contribution in [0.3, 0.4) is 0 Å². The number of rotatable bonds is 5. The quantitative estimate of drug-likeness (QED) is 0.770. The van der Waals surface area contributed by atoms with Crippen LogP contribution in [0, 0.1) is 5.92 Å². The molecule has 0 aromatic carbocycles. The second-order valence-electron chi connectivity index (χ2n) is 6.44. The number of nitrogens with zero attached hydrogens (tertiary/aromatic N) is 2.